The molecule has 4 nitrogen and oxygen atoms in total. The third-order valence-corrected chi connectivity index (χ3v) is 5.34. The summed E-state index contributed by atoms with van der Waals surface area (Å²) >= 11 is 0. The van der Waals surface area contributed by atoms with Gasteiger partial charge >= 0.3 is 0 Å². The molecule has 0 saturated heterocycles. The summed E-state index contributed by atoms with van der Waals surface area (Å²) in [6, 6.07) is 0. The SMILES string of the molecule is Br.CCCCCCCC/C=C\CCCCCCCCOCN1C=CC=C(C(N)=O)C1. The fraction of sp³-hybridized carbons (Fsp3) is 0.720. The molecule has 174 valence electrons. The summed E-state index contributed by atoms with van der Waals surface area (Å²) in [5, 5.41) is 0. The fourth-order valence-corrected chi connectivity index (χ4v) is 3.49. The minimum Gasteiger partial charge on any atom is -0.366 e. The van der Waals surface area contributed by atoms with E-state index in [1.807, 2.05) is 17.2 Å². The van der Waals surface area contributed by atoms with Crippen molar-refractivity contribution in [3.05, 3.63) is 36.1 Å². The summed E-state index contributed by atoms with van der Waals surface area (Å²) in [5.74, 6) is -0.354. The average Bonchev–Trinajstić information content (AvgIpc) is 2.73. The molecule has 0 aromatic carbocycles. The van der Waals surface area contributed by atoms with Crippen molar-refractivity contribution >= 4 is 22.9 Å². The van der Waals surface area contributed by atoms with Gasteiger partial charge in [0.25, 0.3) is 0 Å². The van der Waals surface area contributed by atoms with Crippen molar-refractivity contribution in [2.75, 3.05) is 19.9 Å². The number of carbonyl (C=O) groups excluding carboxylic acids is 1. The predicted molar refractivity (Wildman–Crippen MR) is 134 cm³/mol. The van der Waals surface area contributed by atoms with Gasteiger partial charge in [-0.15, -0.1) is 17.0 Å². The van der Waals surface area contributed by atoms with Crippen molar-refractivity contribution in [1.29, 1.82) is 0 Å². The van der Waals surface area contributed by atoms with E-state index < -0.39 is 0 Å². The number of rotatable bonds is 19. The highest BCUT2D eigenvalue weighted by Gasteiger charge is 2.11. The molecule has 0 radical (unpaired) electrons. The van der Waals surface area contributed by atoms with Crippen LogP contribution in [0.5, 0.6) is 0 Å². The number of nitrogens with zero attached hydrogens (tertiary/aromatic N) is 1. The Morgan fingerprint density at radius 2 is 1.53 bits per heavy atom. The molecule has 1 aliphatic heterocycles. The Morgan fingerprint density at radius 1 is 0.967 bits per heavy atom. The van der Waals surface area contributed by atoms with Gasteiger partial charge in [-0.05, 0) is 38.2 Å². The highest BCUT2D eigenvalue weighted by molar-refractivity contribution is 8.93. The summed E-state index contributed by atoms with van der Waals surface area (Å²) in [7, 11) is 0. The van der Waals surface area contributed by atoms with Crippen molar-refractivity contribution in [2.24, 2.45) is 5.73 Å². The van der Waals surface area contributed by atoms with E-state index in [0.717, 1.165) is 13.0 Å². The molecule has 1 heterocycles. The minimum atomic E-state index is -0.354. The Bertz CT molecular complexity index is 503. The van der Waals surface area contributed by atoms with E-state index in [4.69, 9.17) is 10.5 Å². The minimum absolute atomic E-state index is 0. The predicted octanol–water partition coefficient (Wildman–Crippen LogP) is 6.82. The Balaban J connectivity index is 0.00000841. The molecule has 0 bridgehead atoms. The van der Waals surface area contributed by atoms with Gasteiger partial charge in [0.05, 0.1) is 6.54 Å². The number of amides is 1. The van der Waals surface area contributed by atoms with Crippen molar-refractivity contribution in [2.45, 2.75) is 96.8 Å². The van der Waals surface area contributed by atoms with Crippen LogP contribution in [0.15, 0.2) is 36.1 Å². The van der Waals surface area contributed by atoms with E-state index in [-0.39, 0.29) is 22.9 Å². The number of nitrogens with two attached hydrogens (primary N) is 1. The van der Waals surface area contributed by atoms with Crippen LogP contribution in [0.4, 0.5) is 0 Å². The van der Waals surface area contributed by atoms with Crippen LogP contribution in [0.3, 0.4) is 0 Å². The lowest BCUT2D eigenvalue weighted by Crippen LogP contribution is -2.30. The van der Waals surface area contributed by atoms with E-state index in [2.05, 4.69) is 19.1 Å². The molecule has 5 heteroatoms. The standard InChI is InChI=1S/C25H44N2O2.BrH/c1-2-3-4-5-6-7-8-9-10-11-12-13-14-15-16-17-21-29-23-27-20-18-19-24(22-27)25(26)28;/h9-10,18-20H,2-8,11-17,21-23H2,1H3,(H2,26,28);1H/b10-9-;. The van der Waals surface area contributed by atoms with Crippen LogP contribution >= 0.6 is 17.0 Å². The number of hydrogen-bond acceptors (Lipinski definition) is 3. The highest BCUT2D eigenvalue weighted by atomic mass is 79.9. The second kappa shape index (κ2) is 21.2. The maximum atomic E-state index is 11.2. The fourth-order valence-electron chi connectivity index (χ4n) is 3.49. The number of carbonyl (C=O) groups is 1. The largest absolute Gasteiger partial charge is 0.366 e. The molecule has 0 unspecified atom stereocenters. The average molecular weight is 486 g/mol. The molecule has 0 aromatic heterocycles. The lowest BCUT2D eigenvalue weighted by molar-refractivity contribution is -0.114. The van der Waals surface area contributed by atoms with Crippen molar-refractivity contribution < 1.29 is 9.53 Å². The first-order chi connectivity index (χ1) is 14.2. The zero-order valence-electron chi connectivity index (χ0n) is 19.2. The topological polar surface area (TPSA) is 55.6 Å². The molecule has 30 heavy (non-hydrogen) atoms. The maximum absolute atomic E-state index is 11.2. The van der Waals surface area contributed by atoms with Gasteiger partial charge in [0, 0.05) is 18.4 Å². The van der Waals surface area contributed by atoms with Crippen molar-refractivity contribution in [3.8, 4) is 0 Å². The number of primary amides is 1. The lowest BCUT2D eigenvalue weighted by Gasteiger charge is -2.23. The van der Waals surface area contributed by atoms with Crippen LogP contribution in [0.25, 0.3) is 0 Å². The summed E-state index contributed by atoms with van der Waals surface area (Å²) in [4.78, 5) is 13.2. The van der Waals surface area contributed by atoms with Crippen LogP contribution in [0.2, 0.25) is 0 Å². The molecule has 1 aliphatic rings. The third kappa shape index (κ3) is 16.7. The summed E-state index contributed by atoms with van der Waals surface area (Å²) < 4.78 is 5.71. The maximum Gasteiger partial charge on any atom is 0.246 e. The van der Waals surface area contributed by atoms with Gasteiger partial charge < -0.3 is 15.4 Å². The summed E-state index contributed by atoms with van der Waals surface area (Å²) in [5.41, 5.74) is 5.95. The van der Waals surface area contributed by atoms with Crippen LogP contribution in [-0.2, 0) is 9.53 Å². The monoisotopic (exact) mass is 484 g/mol. The van der Waals surface area contributed by atoms with Gasteiger partial charge in [0.2, 0.25) is 5.91 Å². The van der Waals surface area contributed by atoms with Gasteiger partial charge in [0.1, 0.15) is 6.73 Å². The molecule has 2 N–H and O–H groups in total. The zero-order chi connectivity index (χ0) is 21.0. The Hall–Kier alpha value is -1.07. The quantitative estimate of drug-likeness (QED) is 0.161. The molecular formula is C25H45BrN2O2. The third-order valence-electron chi connectivity index (χ3n) is 5.34. The Morgan fingerprint density at radius 3 is 2.13 bits per heavy atom. The van der Waals surface area contributed by atoms with Gasteiger partial charge in [-0.2, -0.15) is 0 Å². The molecule has 0 spiro atoms. The highest BCUT2D eigenvalue weighted by Crippen LogP contribution is 2.11. The number of unbranched alkanes of at least 4 members (excludes halogenated alkanes) is 12. The molecule has 1 amide bonds. The normalized spacial score (nSPS) is 13.5. The Labute approximate surface area is 195 Å². The molecule has 0 saturated carbocycles. The number of hydrogen-bond donors (Lipinski definition) is 1. The van der Waals surface area contributed by atoms with E-state index in [9.17, 15) is 4.79 Å². The summed E-state index contributed by atoms with van der Waals surface area (Å²) in [6.45, 7) is 4.11. The molecular weight excluding hydrogens is 440 g/mol. The van der Waals surface area contributed by atoms with E-state index in [0.29, 0.717) is 18.8 Å². The lowest BCUT2D eigenvalue weighted by atomic mass is 10.1. The second-order valence-electron chi connectivity index (χ2n) is 8.12. The van der Waals surface area contributed by atoms with Gasteiger partial charge in [-0.3, -0.25) is 4.79 Å². The molecule has 0 fully saturated rings. The van der Waals surface area contributed by atoms with Crippen LogP contribution in [-0.4, -0.2) is 30.7 Å². The number of ether oxygens (including phenoxy) is 1. The van der Waals surface area contributed by atoms with Crippen molar-refractivity contribution in [3.63, 3.8) is 0 Å². The van der Waals surface area contributed by atoms with Gasteiger partial charge in [-0.25, -0.2) is 0 Å². The van der Waals surface area contributed by atoms with E-state index in [1.54, 1.807) is 6.08 Å². The van der Waals surface area contributed by atoms with Gasteiger partial charge in [0.15, 0.2) is 0 Å². The van der Waals surface area contributed by atoms with Gasteiger partial charge in [-0.1, -0.05) is 82.9 Å². The first-order valence-electron chi connectivity index (χ1n) is 11.9. The zero-order valence-corrected chi connectivity index (χ0v) is 20.9. The molecule has 0 aromatic rings. The van der Waals surface area contributed by atoms with E-state index in [1.165, 1.54) is 83.5 Å². The van der Waals surface area contributed by atoms with Crippen LogP contribution in [0.1, 0.15) is 96.8 Å². The first-order valence-corrected chi connectivity index (χ1v) is 11.9. The molecule has 0 atom stereocenters. The second-order valence-corrected chi connectivity index (χ2v) is 8.12. The summed E-state index contributed by atoms with van der Waals surface area (Å²) in [6.07, 6.45) is 28.8. The number of halogens is 1. The Kier molecular flexibility index (Phi) is 20.4. The molecule has 1 rings (SSSR count). The van der Waals surface area contributed by atoms with Crippen molar-refractivity contribution in [1.82, 2.24) is 4.90 Å². The molecule has 0 aliphatic carbocycles. The first kappa shape index (κ1) is 28.9. The number of allylic oxidation sites excluding steroid dienone is 4. The smallest absolute Gasteiger partial charge is 0.246 e. The van der Waals surface area contributed by atoms with E-state index >= 15 is 0 Å². The van der Waals surface area contributed by atoms with Crippen LogP contribution < -0.4 is 5.73 Å². The van der Waals surface area contributed by atoms with Crippen LogP contribution in [0, 0.1) is 0 Å².